The molecule has 0 aliphatic carbocycles. The van der Waals surface area contributed by atoms with E-state index in [0.717, 1.165) is 0 Å². The van der Waals surface area contributed by atoms with E-state index in [1.165, 1.54) is 65.0 Å². The molecule has 230 valence electrons. The van der Waals surface area contributed by atoms with Gasteiger partial charge in [0.1, 0.15) is 15.9 Å². The standard InChI is InChI=1S/C38H27P.C6H7P.Pd/c1-4-14-28(15-5-1)35-26-24-29-16-10-12-22-33(29)37(35)38-34-23-13-11-17-30(34)25-27-36(38)39(31-18-6-2-7-19-31)32-20-8-3-9-21-32;7-6-4-2-1-3-5-6;/h1-27H;1-5H,7H2;/p+1. The third-order valence-electron chi connectivity index (χ3n) is 8.39. The molecule has 0 aliphatic rings. The maximum absolute atomic E-state index is 2.63. The molecule has 8 aromatic carbocycles. The number of fused-ring (bicyclic) bond motifs is 2. The van der Waals surface area contributed by atoms with Gasteiger partial charge in [0.05, 0.1) is 7.92 Å². The summed E-state index contributed by atoms with van der Waals surface area (Å²) in [6, 6.07) is 70.2. The van der Waals surface area contributed by atoms with Crippen LogP contribution in [0.25, 0.3) is 43.8 Å². The van der Waals surface area contributed by atoms with Crippen molar-refractivity contribution in [1.29, 1.82) is 0 Å². The molecule has 0 aromatic heterocycles. The maximum atomic E-state index is 2.63. The molecular formula is C44H35P2Pd+. The van der Waals surface area contributed by atoms with E-state index in [2.05, 4.69) is 173 Å². The number of hydrogen-bond donors (Lipinski definition) is 0. The molecule has 8 aromatic rings. The van der Waals surface area contributed by atoms with Crippen molar-refractivity contribution in [3.05, 3.63) is 194 Å². The van der Waals surface area contributed by atoms with Gasteiger partial charge in [0, 0.05) is 31.5 Å². The molecule has 0 saturated heterocycles. The van der Waals surface area contributed by atoms with Gasteiger partial charge >= 0.3 is 0 Å². The third-order valence-corrected chi connectivity index (χ3v) is 11.5. The van der Waals surface area contributed by atoms with Crippen LogP contribution < -0.4 is 21.2 Å². The van der Waals surface area contributed by atoms with Crippen LogP contribution in [0.4, 0.5) is 0 Å². The summed E-state index contributed by atoms with van der Waals surface area (Å²) in [6.45, 7) is 0. The molecule has 0 N–H and O–H groups in total. The van der Waals surface area contributed by atoms with Gasteiger partial charge in [-0.1, -0.05) is 164 Å². The summed E-state index contributed by atoms with van der Waals surface area (Å²) in [5.41, 5.74) is 5.19. The van der Waals surface area contributed by atoms with Gasteiger partial charge < -0.3 is 0 Å². The predicted molar refractivity (Wildman–Crippen MR) is 208 cm³/mol. The smallest absolute Gasteiger partial charge is 0.106 e. The zero-order chi connectivity index (χ0) is 31.1. The second kappa shape index (κ2) is 15.6. The largest absolute Gasteiger partial charge is 0.110 e. The Kier molecular flexibility index (Phi) is 10.9. The van der Waals surface area contributed by atoms with E-state index in [-0.39, 0.29) is 20.4 Å². The van der Waals surface area contributed by atoms with Crippen LogP contribution >= 0.6 is 17.2 Å². The van der Waals surface area contributed by atoms with Crippen molar-refractivity contribution in [2.45, 2.75) is 0 Å². The Morgan fingerprint density at radius 3 is 1.30 bits per heavy atom. The molecule has 0 radical (unpaired) electrons. The van der Waals surface area contributed by atoms with E-state index in [1.54, 1.807) is 0 Å². The fourth-order valence-electron chi connectivity index (χ4n) is 6.29. The second-order valence-electron chi connectivity index (χ2n) is 11.3. The van der Waals surface area contributed by atoms with Crippen molar-refractivity contribution in [3.8, 4) is 22.3 Å². The first-order valence-corrected chi connectivity index (χ1v) is 17.7. The van der Waals surface area contributed by atoms with Crippen LogP contribution in [0.15, 0.2) is 194 Å². The van der Waals surface area contributed by atoms with E-state index in [4.69, 9.17) is 0 Å². The number of benzene rings is 8. The fraction of sp³-hybridized carbons (Fsp3) is 0. The van der Waals surface area contributed by atoms with E-state index < -0.39 is 7.92 Å². The SMILES string of the molecule is Pc1ccccc1.[Pd].c1ccc(-c2ccc3ccccc3c2-c2c([PH+](c3ccccc3)c3ccccc3)ccc3ccccc23)cc1. The Hall–Kier alpha value is -4.20. The molecule has 0 aliphatic heterocycles. The van der Waals surface area contributed by atoms with E-state index >= 15 is 0 Å². The van der Waals surface area contributed by atoms with Gasteiger partial charge in [-0.05, 0) is 68.3 Å². The van der Waals surface area contributed by atoms with Crippen LogP contribution in [0.1, 0.15) is 0 Å². The zero-order valence-corrected chi connectivity index (χ0v) is 29.6. The minimum absolute atomic E-state index is 0. The summed E-state index contributed by atoms with van der Waals surface area (Å²) >= 11 is 0. The first-order valence-electron chi connectivity index (χ1n) is 15.7. The molecule has 1 unspecified atom stereocenters. The normalized spacial score (nSPS) is 10.7. The van der Waals surface area contributed by atoms with E-state index in [0.29, 0.717) is 0 Å². The Labute approximate surface area is 295 Å². The van der Waals surface area contributed by atoms with Crippen molar-refractivity contribution in [1.82, 2.24) is 0 Å². The van der Waals surface area contributed by atoms with Crippen LogP contribution in [-0.2, 0) is 20.4 Å². The molecule has 3 heteroatoms. The van der Waals surface area contributed by atoms with Gasteiger partial charge in [-0.2, -0.15) is 0 Å². The van der Waals surface area contributed by atoms with Crippen LogP contribution in [0.3, 0.4) is 0 Å². The molecule has 1 atom stereocenters. The summed E-state index contributed by atoms with van der Waals surface area (Å²) in [7, 11) is 1.32. The van der Waals surface area contributed by atoms with Crippen molar-refractivity contribution in [2.75, 3.05) is 0 Å². The summed E-state index contributed by atoms with van der Waals surface area (Å²) < 4.78 is 0. The molecule has 0 heterocycles. The summed E-state index contributed by atoms with van der Waals surface area (Å²) in [5.74, 6) is 0. The topological polar surface area (TPSA) is 0 Å². The van der Waals surface area contributed by atoms with Crippen molar-refractivity contribution < 1.29 is 20.4 Å². The van der Waals surface area contributed by atoms with Gasteiger partial charge in [-0.25, -0.2) is 0 Å². The molecule has 8 rings (SSSR count). The maximum Gasteiger partial charge on any atom is 0.110 e. The Balaban J connectivity index is 0.000000431. The van der Waals surface area contributed by atoms with E-state index in [9.17, 15) is 0 Å². The minimum Gasteiger partial charge on any atom is -0.106 e. The van der Waals surface area contributed by atoms with Gasteiger partial charge in [0.15, 0.2) is 0 Å². The Morgan fingerprint density at radius 1 is 0.362 bits per heavy atom. The number of rotatable bonds is 5. The molecule has 0 fully saturated rings. The summed E-state index contributed by atoms with van der Waals surface area (Å²) in [6.07, 6.45) is 0. The van der Waals surface area contributed by atoms with Crippen LogP contribution in [-0.4, -0.2) is 0 Å². The van der Waals surface area contributed by atoms with Crippen molar-refractivity contribution in [3.63, 3.8) is 0 Å². The van der Waals surface area contributed by atoms with Gasteiger partial charge in [0.25, 0.3) is 0 Å². The summed E-state index contributed by atoms with van der Waals surface area (Å²) in [5, 5.41) is 10.6. The molecular weight excluding hydrogens is 697 g/mol. The molecule has 0 saturated carbocycles. The first-order chi connectivity index (χ1) is 22.8. The molecule has 0 spiro atoms. The molecule has 0 bridgehead atoms. The monoisotopic (exact) mass is 731 g/mol. The first kappa shape index (κ1) is 32.7. The minimum atomic E-state index is -1.31. The molecule has 0 amide bonds. The van der Waals surface area contributed by atoms with E-state index in [1.807, 2.05) is 30.3 Å². The molecule has 47 heavy (non-hydrogen) atoms. The quantitative estimate of drug-likeness (QED) is 0.122. The molecule has 0 nitrogen and oxygen atoms in total. The summed E-state index contributed by atoms with van der Waals surface area (Å²) in [4.78, 5) is 0. The van der Waals surface area contributed by atoms with Crippen LogP contribution in [0, 0.1) is 0 Å². The third kappa shape index (κ3) is 7.22. The second-order valence-corrected chi connectivity index (χ2v) is 14.4. The predicted octanol–water partition coefficient (Wildman–Crippen LogP) is 10.0. The van der Waals surface area contributed by atoms with Gasteiger partial charge in [0.2, 0.25) is 0 Å². The van der Waals surface area contributed by atoms with Crippen LogP contribution in [0.5, 0.6) is 0 Å². The Bertz CT molecular complexity index is 2160. The fourth-order valence-corrected chi connectivity index (χ4v) is 9.28. The van der Waals surface area contributed by atoms with Crippen LogP contribution in [0.2, 0.25) is 0 Å². The number of hydrogen-bond acceptors (Lipinski definition) is 0. The zero-order valence-electron chi connectivity index (χ0n) is 25.9. The van der Waals surface area contributed by atoms with Gasteiger partial charge in [-0.3, -0.25) is 0 Å². The average molecular weight is 732 g/mol. The Morgan fingerprint density at radius 2 is 0.787 bits per heavy atom. The van der Waals surface area contributed by atoms with Crippen molar-refractivity contribution in [2.24, 2.45) is 0 Å². The van der Waals surface area contributed by atoms with Crippen molar-refractivity contribution >= 4 is 59.9 Å². The average Bonchev–Trinajstić information content (AvgIpc) is 3.13. The van der Waals surface area contributed by atoms with Gasteiger partial charge in [-0.15, -0.1) is 9.24 Å².